The second kappa shape index (κ2) is 83.3. The van der Waals surface area contributed by atoms with Crippen molar-refractivity contribution in [2.45, 2.75) is 627 Å². The molecule has 0 saturated heterocycles. The Hall–Kier alpha value is -4.04. The number of halogens is 6. The highest BCUT2D eigenvalue weighted by molar-refractivity contribution is 6.77. The number of carbonyl (C=O) groups excluding carboxylic acids is 7. The first-order chi connectivity index (χ1) is 59.7. The average Bonchev–Trinajstić information content (AvgIpc) is 1.61. The number of benzene rings is 1. The minimum absolute atomic E-state index is 0. The van der Waals surface area contributed by atoms with Gasteiger partial charge in [0.15, 0.2) is 11.5 Å². The van der Waals surface area contributed by atoms with E-state index in [4.69, 9.17) is 28.4 Å². The van der Waals surface area contributed by atoms with Crippen molar-refractivity contribution < 1.29 is 93.1 Å². The molecule has 8 atom stereocenters. The first kappa shape index (κ1) is 192. The van der Waals surface area contributed by atoms with E-state index in [9.17, 15) is 59.9 Å². The molecule has 0 spiro atoms. The number of esters is 7. The summed E-state index contributed by atoms with van der Waals surface area (Å²) in [6.07, 6.45) is 9.07. The van der Waals surface area contributed by atoms with Crippen molar-refractivity contribution in [3.05, 3.63) is 35.9 Å². The standard InChI is InChI=1S/2C16H30O2.C13H26Si.2C12H26O2Si.C11H24O2Si.C10H17F3O2.C10H14.C9H15F3O2.16CH4/c1-7-16(5,6)14(17)18-13-10-8-12(9-11-13)15(2,3)4;1-7-15(3,4)14(17)18-16(5,6)13-10-8-12(2)9-11-13;1-9-10(2)13-7-11(9)6-12(13)8-14(3,4)5;2*1-7-12(2,3)11(13)14-9-8-10-15(4,5)6;1-7-11(2,3)10(12)13-8-9-14(4,5)6;1-6-9(5,10(11,12)13)7(14)15-8(2,3)4;1-3-9(2)10-7-5-4-6-8-10;1-5-8(3,4)7(13)14-6(2)9(10,11)12;;;;;;;;;;;;;;;;/h2*12-13H,7-11H2,1-6H3;9-13H,6-8H2,1-5H3;2*7-10H2,1-6H3;7-9H2,1-6H3;6H2,1-5H3;4-9H,3H2,1-2H3;6H,5H2,1-4H3;16*1H4. The fraction of sp³-hybridized carbons (Fsp3) is 0.896. The molecule has 5 rings (SSSR count). The van der Waals surface area contributed by atoms with E-state index in [0.717, 1.165) is 119 Å². The topological polar surface area (TPSA) is 184 Å². The molecule has 8 unspecified atom stereocenters. The number of alkyl halides is 6. The van der Waals surface area contributed by atoms with Gasteiger partial charge in [0.05, 0.1) is 52.3 Å². The van der Waals surface area contributed by atoms with Gasteiger partial charge in [-0.15, -0.1) is 0 Å². The van der Waals surface area contributed by atoms with Gasteiger partial charge >= 0.3 is 54.1 Å². The number of fused-ring (bicyclic) bond motifs is 2. The predicted molar refractivity (Wildman–Crippen MR) is 665 cm³/mol. The molecule has 149 heavy (non-hydrogen) atoms. The van der Waals surface area contributed by atoms with Crippen molar-refractivity contribution in [3.63, 3.8) is 0 Å². The monoisotopic (exact) mass is 2220 g/mol. The molecule has 0 radical (unpaired) electrons. The van der Waals surface area contributed by atoms with Gasteiger partial charge in [-0.05, 0) is 317 Å². The molecule has 0 aromatic heterocycles. The summed E-state index contributed by atoms with van der Waals surface area (Å²) >= 11 is 0. The third kappa shape index (κ3) is 80.4. The van der Waals surface area contributed by atoms with Crippen LogP contribution in [0.2, 0.25) is 103 Å². The average molecular weight is 2230 g/mol. The van der Waals surface area contributed by atoms with Gasteiger partial charge in [-0.25, -0.2) is 0 Å². The van der Waals surface area contributed by atoms with Crippen molar-refractivity contribution in [1.82, 2.24) is 0 Å². The Morgan fingerprint density at radius 3 is 0.966 bits per heavy atom. The maximum Gasteiger partial charge on any atom is 0.425 e. The van der Waals surface area contributed by atoms with Gasteiger partial charge in [0.2, 0.25) is 0 Å². The van der Waals surface area contributed by atoms with Crippen molar-refractivity contribution in [3.8, 4) is 0 Å². The third-order valence-electron chi connectivity index (χ3n) is 28.7. The van der Waals surface area contributed by atoms with Crippen LogP contribution in [-0.4, -0.2) is 130 Å². The maximum atomic E-state index is 12.6. The smallest absolute Gasteiger partial charge is 0.425 e. The molecule has 1 aromatic carbocycles. The lowest BCUT2D eigenvalue weighted by molar-refractivity contribution is -0.236. The predicted octanol–water partition coefficient (Wildman–Crippen LogP) is 43.7. The summed E-state index contributed by atoms with van der Waals surface area (Å²) in [5.41, 5.74) is -4.32. The van der Waals surface area contributed by atoms with Gasteiger partial charge in [0.25, 0.3) is 0 Å². The van der Waals surface area contributed by atoms with Crippen molar-refractivity contribution in [1.29, 1.82) is 0 Å². The highest BCUT2D eigenvalue weighted by Gasteiger charge is 2.57. The van der Waals surface area contributed by atoms with E-state index in [2.05, 4.69) is 183 Å². The minimum Gasteiger partial charge on any atom is -0.466 e. The lowest BCUT2D eigenvalue weighted by Crippen LogP contribution is -2.45. The van der Waals surface area contributed by atoms with Crippen molar-refractivity contribution in [2.75, 3.05) is 19.8 Å². The molecule has 0 amide bonds. The Labute approximate surface area is 934 Å². The molecular weight excluding hydrogens is 1950 g/mol. The quantitative estimate of drug-likeness (QED) is 0.0213. The number of hydrogen-bond donors (Lipinski definition) is 0. The molecule has 1 aromatic rings. The van der Waals surface area contributed by atoms with E-state index < -0.39 is 79.1 Å². The van der Waals surface area contributed by atoms with Gasteiger partial charge in [-0.2, -0.15) is 26.3 Å². The summed E-state index contributed by atoms with van der Waals surface area (Å²) in [5.74, 6) is 5.91. The van der Waals surface area contributed by atoms with Crippen LogP contribution in [0.1, 0.15) is 494 Å². The van der Waals surface area contributed by atoms with Crippen LogP contribution in [0.4, 0.5) is 26.3 Å². The summed E-state index contributed by atoms with van der Waals surface area (Å²) in [6.45, 7) is 95.2. The SMILES string of the molecule is C.C.C.C.C.C.C.C.C.C.C.C.C.C.C.C.CC1C2CC(C[Si](C)(C)C)C(C2)C1C.CCC(C)(C(=O)OC(C)(C)C)C(F)(F)F.CCC(C)(C)C(=O)OC(C)(C)C1CCC(C)CC1.CCC(C)(C)C(=O)OC(C)C(F)(F)F.CCC(C)(C)C(=O)OC1CCC(C(C)(C)C)CC1.CCC(C)(C)C(=O)OCCC[Si](C)(C)C.CCC(C)(C)C(=O)OCCC[Si](C)(C)C.CCC(C)(C)C(=O)OCC[Si](C)(C)C.CCC(C)c1ccccc1. The minimum atomic E-state index is -4.58. The zero-order chi connectivity index (χ0) is 106. The van der Waals surface area contributed by atoms with Crippen LogP contribution >= 0.6 is 0 Å². The highest BCUT2D eigenvalue weighted by atomic mass is 28.3. The molecule has 4 aliphatic carbocycles. The van der Waals surface area contributed by atoms with Gasteiger partial charge in [0.1, 0.15) is 17.3 Å². The van der Waals surface area contributed by atoms with Crippen LogP contribution < -0.4 is 0 Å². The molecule has 0 N–H and O–H groups in total. The lowest BCUT2D eigenvalue weighted by Gasteiger charge is -2.39. The zero-order valence-electron chi connectivity index (χ0n) is 94.3. The van der Waals surface area contributed by atoms with Crippen LogP contribution in [-0.2, 0) is 66.7 Å². The van der Waals surface area contributed by atoms with Crippen LogP contribution in [0, 0.1) is 90.7 Å². The molecule has 14 nitrogen and oxygen atoms in total. The Balaban J connectivity index is -0.0000000691. The largest absolute Gasteiger partial charge is 0.466 e. The van der Waals surface area contributed by atoms with Crippen LogP contribution in [0.25, 0.3) is 0 Å². The van der Waals surface area contributed by atoms with Gasteiger partial charge in [-0.3, -0.25) is 33.6 Å². The summed E-state index contributed by atoms with van der Waals surface area (Å²) in [4.78, 5) is 81.7. The fourth-order valence-corrected chi connectivity index (χ4v) is 19.7. The fourth-order valence-electron chi connectivity index (χ4n) is 14.6. The molecule has 0 aliphatic heterocycles. The number of hydrogen-bond acceptors (Lipinski definition) is 14. The summed E-state index contributed by atoms with van der Waals surface area (Å²) in [7, 11) is -3.83. The van der Waals surface area contributed by atoms with Crippen LogP contribution in [0.3, 0.4) is 0 Å². The number of rotatable bonds is 33. The Morgan fingerprint density at radius 2 is 0.685 bits per heavy atom. The molecule has 24 heteroatoms. The Morgan fingerprint density at radius 1 is 0.362 bits per heavy atom. The molecule has 0 heterocycles. The second-order valence-corrected chi connectivity index (χ2v) is 73.2. The highest BCUT2D eigenvalue weighted by Crippen LogP contribution is 2.57. The van der Waals surface area contributed by atoms with E-state index in [1.165, 1.54) is 90.3 Å². The zero-order valence-corrected chi connectivity index (χ0v) is 98.3. The van der Waals surface area contributed by atoms with Crippen molar-refractivity contribution >= 4 is 74.1 Å². The van der Waals surface area contributed by atoms with E-state index in [-0.39, 0.29) is 194 Å². The third-order valence-corrected chi connectivity index (χ3v) is 35.8. The number of ether oxygens (including phenoxy) is 7. The van der Waals surface area contributed by atoms with E-state index in [0.29, 0.717) is 43.5 Å². The van der Waals surface area contributed by atoms with Crippen LogP contribution in [0.5, 0.6) is 0 Å². The molecule has 2 bridgehead atoms. The molecular formula is C125H272F6O14Si4. The first-order valence-corrected chi connectivity index (χ1v) is 66.1. The van der Waals surface area contributed by atoms with Gasteiger partial charge in [0, 0.05) is 32.3 Å². The summed E-state index contributed by atoms with van der Waals surface area (Å²) in [6, 6.07) is 15.7. The first-order valence-electron chi connectivity index (χ1n) is 51.3. The maximum absolute atomic E-state index is 12.6. The van der Waals surface area contributed by atoms with Gasteiger partial charge in [-0.1, -0.05) is 363 Å². The van der Waals surface area contributed by atoms with Crippen molar-refractivity contribution in [2.24, 2.45) is 90.7 Å². The number of carbonyl (C=O) groups is 7. The Kier molecular flexibility index (Phi) is 108. The Bertz CT molecular complexity index is 3400. The van der Waals surface area contributed by atoms with E-state index in [1.807, 2.05) is 104 Å². The molecule has 914 valence electrons. The summed E-state index contributed by atoms with van der Waals surface area (Å²) in [5, 5.41) is 0. The molecule has 4 fully saturated rings. The van der Waals surface area contributed by atoms with E-state index >= 15 is 0 Å². The normalized spacial score (nSPS) is 18.5. The van der Waals surface area contributed by atoms with Crippen LogP contribution in [0.15, 0.2) is 30.3 Å². The molecule has 4 aliphatic rings. The molecule has 4 saturated carbocycles. The van der Waals surface area contributed by atoms with E-state index in [1.54, 1.807) is 39.7 Å². The lowest BCUT2D eigenvalue weighted by atomic mass is 9.72. The summed E-state index contributed by atoms with van der Waals surface area (Å²) < 4.78 is 110. The van der Waals surface area contributed by atoms with Gasteiger partial charge < -0.3 is 33.2 Å². The second-order valence-electron chi connectivity index (χ2n) is 50.8.